The van der Waals surface area contributed by atoms with Crippen molar-refractivity contribution in [2.75, 3.05) is 20.9 Å². The summed E-state index contributed by atoms with van der Waals surface area (Å²) in [6, 6.07) is 11.9. The molecule has 0 radical (unpaired) electrons. The monoisotopic (exact) mass is 390 g/mol. The summed E-state index contributed by atoms with van der Waals surface area (Å²) >= 11 is 0.846. The van der Waals surface area contributed by atoms with Crippen LogP contribution in [0, 0.1) is 6.92 Å². The van der Waals surface area contributed by atoms with Crippen molar-refractivity contribution >= 4 is 24.3 Å². The maximum absolute atomic E-state index is 12.2. The van der Waals surface area contributed by atoms with Gasteiger partial charge in [0.2, 0.25) is 6.79 Å². The van der Waals surface area contributed by atoms with Crippen molar-refractivity contribution in [1.82, 2.24) is 8.61 Å². The molecule has 1 aliphatic heterocycles. The second-order valence-electron chi connectivity index (χ2n) is 5.64. The van der Waals surface area contributed by atoms with Crippen molar-refractivity contribution in [3.8, 4) is 23.0 Å². The number of hydrogen-bond acceptors (Lipinski definition) is 7. The van der Waals surface area contributed by atoms with Gasteiger partial charge < -0.3 is 18.9 Å². The highest BCUT2D eigenvalue weighted by atomic mass is 32.2. The summed E-state index contributed by atoms with van der Waals surface area (Å²) in [6.45, 7) is 2.03. The second kappa shape index (κ2) is 8.09. The third-order valence-corrected chi connectivity index (χ3v) is 4.29. The largest absolute Gasteiger partial charge is 0.454 e. The minimum Gasteiger partial charge on any atom is -0.454 e. The summed E-state index contributed by atoms with van der Waals surface area (Å²) in [5.74, 6) is 1.84. The van der Waals surface area contributed by atoms with Crippen molar-refractivity contribution in [3.05, 3.63) is 48.0 Å². The van der Waals surface area contributed by atoms with Crippen molar-refractivity contribution in [2.45, 2.75) is 6.92 Å². The molecule has 0 atom stereocenters. The molecule has 8 nitrogen and oxygen atoms in total. The number of carbonyl (C=O) groups is 2. The predicted molar refractivity (Wildman–Crippen MR) is 98.9 cm³/mol. The molecule has 2 amide bonds. The predicted octanol–water partition coefficient (Wildman–Crippen LogP) is 3.85. The molecule has 0 bridgehead atoms. The summed E-state index contributed by atoms with van der Waals surface area (Å²) in [4.78, 5) is 24.3. The fourth-order valence-electron chi connectivity index (χ4n) is 2.20. The molecule has 27 heavy (non-hydrogen) atoms. The molecule has 3 rings (SSSR count). The van der Waals surface area contributed by atoms with Gasteiger partial charge in [0.1, 0.15) is 11.5 Å². The molecule has 1 aliphatic rings. The van der Waals surface area contributed by atoms with Crippen molar-refractivity contribution in [2.24, 2.45) is 0 Å². The molecule has 2 aromatic rings. The zero-order valence-electron chi connectivity index (χ0n) is 15.0. The topological polar surface area (TPSA) is 77.5 Å². The van der Waals surface area contributed by atoms with Gasteiger partial charge in [0.25, 0.3) is 0 Å². The van der Waals surface area contributed by atoms with Crippen LogP contribution in [0.15, 0.2) is 42.5 Å². The standard InChI is InChI=1S/C18H18N2O6S/c1-12-5-4-6-13(9-12)25-17(21)19(2)27-20(3)18(22)26-14-7-8-15-16(10-14)24-11-23-15/h4-10H,11H2,1-3H3. The minimum absolute atomic E-state index is 0.135. The average molecular weight is 390 g/mol. The number of hydrogen-bond donors (Lipinski definition) is 0. The van der Waals surface area contributed by atoms with Crippen LogP contribution >= 0.6 is 12.1 Å². The van der Waals surface area contributed by atoms with Crippen LogP contribution < -0.4 is 18.9 Å². The van der Waals surface area contributed by atoms with Gasteiger partial charge in [0, 0.05) is 20.2 Å². The van der Waals surface area contributed by atoms with Gasteiger partial charge in [-0.2, -0.15) is 0 Å². The van der Waals surface area contributed by atoms with Gasteiger partial charge in [-0.3, -0.25) is 0 Å². The van der Waals surface area contributed by atoms with Crippen molar-refractivity contribution < 1.29 is 28.5 Å². The number of ether oxygens (including phenoxy) is 4. The molecular formula is C18H18N2O6S. The van der Waals surface area contributed by atoms with Gasteiger partial charge in [-0.1, -0.05) is 12.1 Å². The molecule has 0 N–H and O–H groups in total. The van der Waals surface area contributed by atoms with Crippen molar-refractivity contribution in [3.63, 3.8) is 0 Å². The second-order valence-corrected chi connectivity index (χ2v) is 6.90. The maximum atomic E-state index is 12.2. The zero-order chi connectivity index (χ0) is 19.4. The Kier molecular flexibility index (Phi) is 5.60. The van der Waals surface area contributed by atoms with E-state index in [1.54, 1.807) is 36.4 Å². The lowest BCUT2D eigenvalue weighted by Crippen LogP contribution is -2.32. The SMILES string of the molecule is Cc1cccc(OC(=O)N(C)SN(C)C(=O)Oc2ccc3c(c2)OCO3)c1. The Hall–Kier alpha value is -3.07. The third-order valence-electron chi connectivity index (χ3n) is 3.50. The van der Waals surface area contributed by atoms with Crippen LogP contribution in [0.3, 0.4) is 0 Å². The Balaban J connectivity index is 1.53. The van der Waals surface area contributed by atoms with Crippen LogP contribution in [0.2, 0.25) is 0 Å². The molecule has 2 aromatic carbocycles. The first-order chi connectivity index (χ1) is 12.9. The molecule has 0 fully saturated rings. The first kappa shape index (κ1) is 18.7. The third kappa shape index (κ3) is 4.76. The number of rotatable bonds is 4. The number of nitrogens with zero attached hydrogens (tertiary/aromatic N) is 2. The highest BCUT2D eigenvalue weighted by molar-refractivity contribution is 7.95. The molecule has 0 aromatic heterocycles. The highest BCUT2D eigenvalue weighted by Crippen LogP contribution is 2.35. The van der Waals surface area contributed by atoms with E-state index in [0.29, 0.717) is 23.0 Å². The smallest absolute Gasteiger partial charge is 0.426 e. The van der Waals surface area contributed by atoms with E-state index in [-0.39, 0.29) is 6.79 Å². The minimum atomic E-state index is -0.658. The van der Waals surface area contributed by atoms with Gasteiger partial charge in [0.05, 0.1) is 12.1 Å². The molecule has 1 heterocycles. The summed E-state index contributed by atoms with van der Waals surface area (Å²) in [5.41, 5.74) is 0.972. The Bertz CT molecular complexity index is 859. The molecule has 0 saturated heterocycles. The lowest BCUT2D eigenvalue weighted by Gasteiger charge is -2.21. The van der Waals surface area contributed by atoms with E-state index in [0.717, 1.165) is 17.7 Å². The maximum Gasteiger partial charge on any atom is 0.426 e. The van der Waals surface area contributed by atoms with E-state index in [4.69, 9.17) is 18.9 Å². The Morgan fingerprint density at radius 3 is 2.22 bits per heavy atom. The lowest BCUT2D eigenvalue weighted by atomic mass is 10.2. The molecule has 0 aliphatic carbocycles. The quantitative estimate of drug-likeness (QED) is 0.734. The number of amides is 2. The highest BCUT2D eigenvalue weighted by Gasteiger charge is 2.21. The van der Waals surface area contributed by atoms with Gasteiger partial charge in [-0.15, -0.1) is 0 Å². The average Bonchev–Trinajstić information content (AvgIpc) is 3.09. The van der Waals surface area contributed by atoms with Gasteiger partial charge in [-0.25, -0.2) is 18.2 Å². The lowest BCUT2D eigenvalue weighted by molar-refractivity contribution is 0.173. The molecule has 0 unspecified atom stereocenters. The Labute approximate surface area is 160 Å². The zero-order valence-corrected chi connectivity index (χ0v) is 15.8. The van der Waals surface area contributed by atoms with Crippen LogP contribution in [0.5, 0.6) is 23.0 Å². The van der Waals surface area contributed by atoms with Gasteiger partial charge >= 0.3 is 12.2 Å². The van der Waals surface area contributed by atoms with E-state index in [1.807, 2.05) is 13.0 Å². The first-order valence-corrected chi connectivity index (χ1v) is 8.71. The molecule has 9 heteroatoms. The van der Waals surface area contributed by atoms with Crippen LogP contribution in [0.25, 0.3) is 0 Å². The molecular weight excluding hydrogens is 372 g/mol. The van der Waals surface area contributed by atoms with E-state index < -0.39 is 12.2 Å². The molecule has 0 spiro atoms. The number of aryl methyl sites for hydroxylation is 1. The number of benzene rings is 2. The Morgan fingerprint density at radius 1 is 0.926 bits per heavy atom. The fraction of sp³-hybridized carbons (Fsp3) is 0.222. The number of fused-ring (bicyclic) bond motifs is 1. The van der Waals surface area contributed by atoms with Gasteiger partial charge in [-0.05, 0) is 36.8 Å². The molecule has 142 valence electrons. The van der Waals surface area contributed by atoms with Crippen LogP contribution in [0.1, 0.15) is 5.56 Å². The van der Waals surface area contributed by atoms with Crippen LogP contribution in [-0.2, 0) is 0 Å². The normalized spacial score (nSPS) is 11.7. The van der Waals surface area contributed by atoms with Crippen molar-refractivity contribution in [1.29, 1.82) is 0 Å². The summed E-state index contributed by atoms with van der Waals surface area (Å²) in [6.07, 6.45) is -1.28. The van der Waals surface area contributed by atoms with Crippen LogP contribution in [0.4, 0.5) is 9.59 Å². The van der Waals surface area contributed by atoms with Gasteiger partial charge in [0.15, 0.2) is 11.5 Å². The van der Waals surface area contributed by atoms with E-state index >= 15 is 0 Å². The summed E-state index contributed by atoms with van der Waals surface area (Å²) in [7, 11) is 2.98. The van der Waals surface area contributed by atoms with Crippen LogP contribution in [-0.4, -0.2) is 41.7 Å². The summed E-state index contributed by atoms with van der Waals surface area (Å²) in [5, 5.41) is 0. The summed E-state index contributed by atoms with van der Waals surface area (Å²) < 4.78 is 23.3. The first-order valence-electron chi connectivity index (χ1n) is 7.98. The number of carbonyl (C=O) groups excluding carboxylic acids is 2. The van der Waals surface area contributed by atoms with E-state index in [1.165, 1.54) is 22.7 Å². The van der Waals surface area contributed by atoms with E-state index in [2.05, 4.69) is 0 Å². The fourth-order valence-corrected chi connectivity index (χ4v) is 2.78. The Morgan fingerprint density at radius 2 is 1.56 bits per heavy atom. The van der Waals surface area contributed by atoms with E-state index in [9.17, 15) is 9.59 Å². The molecule has 0 saturated carbocycles.